The van der Waals surface area contributed by atoms with Gasteiger partial charge in [0.05, 0.1) is 15.8 Å². The fourth-order valence-corrected chi connectivity index (χ4v) is 3.54. The third-order valence-electron chi connectivity index (χ3n) is 3.82. The highest BCUT2D eigenvalue weighted by Crippen LogP contribution is 2.22. The topological polar surface area (TPSA) is 66.5 Å². The minimum atomic E-state index is -0.586. The number of carbonyl (C=O) groups excluding carboxylic acids is 3. The first-order valence-electron chi connectivity index (χ1n) is 7.49. The van der Waals surface area contributed by atoms with E-state index in [-0.39, 0.29) is 18.2 Å². The van der Waals surface area contributed by atoms with Gasteiger partial charge in [-0.1, -0.05) is 41.9 Å². The molecule has 0 aliphatic carbocycles. The van der Waals surface area contributed by atoms with E-state index < -0.39 is 12.1 Å². The third kappa shape index (κ3) is 3.66. The van der Waals surface area contributed by atoms with Gasteiger partial charge >= 0.3 is 6.03 Å². The summed E-state index contributed by atoms with van der Waals surface area (Å²) in [5.74, 6) is -0.647. The second-order valence-electron chi connectivity index (χ2n) is 5.48. The smallest absolute Gasteiger partial charge is 0.325 e. The number of amides is 3. The summed E-state index contributed by atoms with van der Waals surface area (Å²) < 4.78 is 0.497. The summed E-state index contributed by atoms with van der Waals surface area (Å²) in [5, 5.41) is 2.65. The van der Waals surface area contributed by atoms with Crippen LogP contribution in [-0.2, 0) is 11.2 Å². The second-order valence-corrected chi connectivity index (χ2v) is 7.19. The Hall–Kier alpha value is -2.18. The van der Waals surface area contributed by atoms with Gasteiger partial charge in [-0.05, 0) is 30.5 Å². The van der Waals surface area contributed by atoms with E-state index in [1.165, 1.54) is 0 Å². The van der Waals surface area contributed by atoms with Gasteiger partial charge in [-0.25, -0.2) is 4.79 Å². The Morgan fingerprint density at radius 1 is 1.17 bits per heavy atom. The van der Waals surface area contributed by atoms with Crippen LogP contribution < -0.4 is 5.32 Å². The van der Waals surface area contributed by atoms with Gasteiger partial charge in [-0.2, -0.15) is 0 Å². The standard InChI is InChI=1S/C17H15ClN2O3S/c18-15-9-8-14(24-15)13(21)10-20-16(22)12(19-17(20)23)7-6-11-4-2-1-3-5-11/h1-5,8-9,12H,6-7,10H2,(H,19,23)/t12-/m0/s1. The average molecular weight is 363 g/mol. The molecule has 2 aromatic rings. The van der Waals surface area contributed by atoms with Crippen molar-refractivity contribution < 1.29 is 14.4 Å². The summed E-state index contributed by atoms with van der Waals surface area (Å²) >= 11 is 6.94. The van der Waals surface area contributed by atoms with E-state index in [2.05, 4.69) is 5.32 Å². The van der Waals surface area contributed by atoms with E-state index in [4.69, 9.17) is 11.6 Å². The Balaban J connectivity index is 1.60. The predicted octanol–water partition coefficient (Wildman–Crippen LogP) is 3.14. The van der Waals surface area contributed by atoms with Gasteiger partial charge in [-0.3, -0.25) is 14.5 Å². The Morgan fingerprint density at radius 2 is 1.92 bits per heavy atom. The van der Waals surface area contributed by atoms with Crippen molar-refractivity contribution in [2.45, 2.75) is 18.9 Å². The molecule has 7 heteroatoms. The maximum absolute atomic E-state index is 12.4. The lowest BCUT2D eigenvalue weighted by Gasteiger charge is -2.11. The van der Waals surface area contributed by atoms with Crippen molar-refractivity contribution in [1.82, 2.24) is 10.2 Å². The predicted molar refractivity (Wildman–Crippen MR) is 92.5 cm³/mol. The molecule has 1 N–H and O–H groups in total. The molecule has 2 heterocycles. The highest BCUT2D eigenvalue weighted by atomic mass is 35.5. The number of thiophene rings is 1. The summed E-state index contributed by atoms with van der Waals surface area (Å²) in [5.41, 5.74) is 1.10. The number of halogens is 1. The van der Waals surface area contributed by atoms with Crippen LogP contribution in [0.15, 0.2) is 42.5 Å². The van der Waals surface area contributed by atoms with Crippen LogP contribution in [0.3, 0.4) is 0 Å². The lowest BCUT2D eigenvalue weighted by molar-refractivity contribution is -0.127. The van der Waals surface area contributed by atoms with E-state index >= 15 is 0 Å². The van der Waals surface area contributed by atoms with Crippen LogP contribution >= 0.6 is 22.9 Å². The van der Waals surface area contributed by atoms with Crippen molar-refractivity contribution >= 4 is 40.7 Å². The quantitative estimate of drug-likeness (QED) is 0.634. The van der Waals surface area contributed by atoms with Crippen molar-refractivity contribution in [1.29, 1.82) is 0 Å². The molecule has 3 rings (SSSR count). The first-order chi connectivity index (χ1) is 11.5. The molecule has 0 saturated carbocycles. The third-order valence-corrected chi connectivity index (χ3v) is 5.09. The van der Waals surface area contributed by atoms with Crippen LogP contribution in [-0.4, -0.2) is 35.2 Å². The van der Waals surface area contributed by atoms with Gasteiger partial charge in [0, 0.05) is 0 Å². The van der Waals surface area contributed by atoms with Gasteiger partial charge < -0.3 is 5.32 Å². The average Bonchev–Trinajstić information content (AvgIpc) is 3.12. The van der Waals surface area contributed by atoms with E-state index in [9.17, 15) is 14.4 Å². The van der Waals surface area contributed by atoms with E-state index in [1.54, 1.807) is 12.1 Å². The molecule has 1 fully saturated rings. The van der Waals surface area contributed by atoms with Gasteiger partial charge in [-0.15, -0.1) is 11.3 Å². The Labute approximate surface area is 148 Å². The summed E-state index contributed by atoms with van der Waals surface area (Å²) in [4.78, 5) is 38.0. The van der Waals surface area contributed by atoms with Crippen LogP contribution in [0, 0.1) is 0 Å². The largest absolute Gasteiger partial charge is 0.326 e. The molecule has 1 aliphatic heterocycles. The molecule has 1 aromatic heterocycles. The van der Waals surface area contributed by atoms with Crippen molar-refractivity contribution in [3.63, 3.8) is 0 Å². The maximum atomic E-state index is 12.4. The summed E-state index contributed by atoms with van der Waals surface area (Å²) in [6, 6.07) is 11.9. The molecule has 24 heavy (non-hydrogen) atoms. The SMILES string of the molecule is O=C(CN1C(=O)N[C@@H](CCc2ccccc2)C1=O)c1ccc(Cl)s1. The highest BCUT2D eigenvalue weighted by Gasteiger charge is 2.38. The first kappa shape index (κ1) is 16.7. The molecule has 0 radical (unpaired) electrons. The minimum absolute atomic E-state index is 0.261. The Bertz CT molecular complexity index is 775. The first-order valence-corrected chi connectivity index (χ1v) is 8.68. The minimum Gasteiger partial charge on any atom is -0.326 e. The van der Waals surface area contributed by atoms with Crippen LogP contribution in [0.4, 0.5) is 4.79 Å². The number of urea groups is 1. The van der Waals surface area contributed by atoms with Crippen molar-refractivity contribution in [3.05, 3.63) is 57.2 Å². The van der Waals surface area contributed by atoms with Crippen molar-refractivity contribution in [2.24, 2.45) is 0 Å². The Morgan fingerprint density at radius 3 is 2.58 bits per heavy atom. The lowest BCUT2D eigenvalue weighted by Crippen LogP contribution is -2.36. The molecule has 1 saturated heterocycles. The molecule has 0 unspecified atom stereocenters. The van der Waals surface area contributed by atoms with Crippen molar-refractivity contribution in [3.8, 4) is 0 Å². The van der Waals surface area contributed by atoms with E-state index in [0.29, 0.717) is 22.1 Å². The molecule has 5 nitrogen and oxygen atoms in total. The maximum Gasteiger partial charge on any atom is 0.325 e. The number of nitrogens with zero attached hydrogens (tertiary/aromatic N) is 1. The molecule has 124 valence electrons. The summed E-state index contributed by atoms with van der Waals surface area (Å²) in [6.07, 6.45) is 1.18. The van der Waals surface area contributed by atoms with Gasteiger partial charge in [0.25, 0.3) is 5.91 Å². The van der Waals surface area contributed by atoms with Crippen LogP contribution in [0.1, 0.15) is 21.7 Å². The second kappa shape index (κ2) is 7.15. The zero-order valence-electron chi connectivity index (χ0n) is 12.7. The summed E-state index contributed by atoms with van der Waals surface area (Å²) in [7, 11) is 0. The normalized spacial score (nSPS) is 17.2. The molecule has 1 aliphatic rings. The Kier molecular flexibility index (Phi) is 4.97. The zero-order chi connectivity index (χ0) is 17.1. The monoisotopic (exact) mass is 362 g/mol. The van der Waals surface area contributed by atoms with Crippen LogP contribution in [0.25, 0.3) is 0 Å². The lowest BCUT2D eigenvalue weighted by atomic mass is 10.1. The molecular formula is C17H15ClN2O3S. The fourth-order valence-electron chi connectivity index (χ4n) is 2.56. The molecule has 3 amide bonds. The van der Waals surface area contributed by atoms with Gasteiger partial charge in [0.1, 0.15) is 6.04 Å². The number of benzene rings is 1. The number of aryl methyl sites for hydroxylation is 1. The molecular weight excluding hydrogens is 348 g/mol. The number of hydrogen-bond donors (Lipinski definition) is 1. The number of carbonyl (C=O) groups is 3. The highest BCUT2D eigenvalue weighted by molar-refractivity contribution is 7.18. The number of hydrogen-bond acceptors (Lipinski definition) is 4. The summed E-state index contributed by atoms with van der Waals surface area (Å²) in [6.45, 7) is -0.261. The number of rotatable bonds is 6. The van der Waals surface area contributed by atoms with Gasteiger partial charge in [0.2, 0.25) is 0 Å². The van der Waals surface area contributed by atoms with E-state index in [1.807, 2.05) is 30.3 Å². The zero-order valence-corrected chi connectivity index (χ0v) is 14.3. The van der Waals surface area contributed by atoms with Crippen LogP contribution in [0.2, 0.25) is 4.34 Å². The molecule has 0 spiro atoms. The van der Waals surface area contributed by atoms with Gasteiger partial charge in [0.15, 0.2) is 5.78 Å². The molecule has 1 aromatic carbocycles. The number of imide groups is 1. The van der Waals surface area contributed by atoms with E-state index in [0.717, 1.165) is 21.8 Å². The van der Waals surface area contributed by atoms with Crippen LogP contribution in [0.5, 0.6) is 0 Å². The molecule has 1 atom stereocenters. The number of ketones is 1. The number of nitrogens with one attached hydrogen (secondary N) is 1. The fraction of sp³-hybridized carbons (Fsp3) is 0.235. The van der Waals surface area contributed by atoms with Crippen molar-refractivity contribution in [2.75, 3.05) is 6.54 Å². The number of Topliss-reactive ketones (excluding diaryl/α,β-unsaturated/α-hetero) is 1. The molecule has 0 bridgehead atoms.